The molecule has 2 aromatic carbocycles. The standard InChI is InChI=1S/C19H19NO4S/c1-3-24-16-9-8-13(14-6-4-5-7-15(14)16)12-17-18(21)20(10-11-23-2)19(22)25-17/h4-9,12H,3,10-11H2,1-2H3/b17-12+. The summed E-state index contributed by atoms with van der Waals surface area (Å²) in [6, 6.07) is 11.7. The molecule has 0 radical (unpaired) electrons. The molecule has 3 rings (SSSR count). The van der Waals surface area contributed by atoms with Gasteiger partial charge in [-0.05, 0) is 41.8 Å². The van der Waals surface area contributed by atoms with Gasteiger partial charge in [0.15, 0.2) is 0 Å². The van der Waals surface area contributed by atoms with Gasteiger partial charge in [0.1, 0.15) is 5.75 Å². The molecule has 2 aromatic rings. The van der Waals surface area contributed by atoms with Crippen molar-refractivity contribution in [3.05, 3.63) is 46.9 Å². The zero-order chi connectivity index (χ0) is 17.8. The highest BCUT2D eigenvalue weighted by Gasteiger charge is 2.34. The molecular formula is C19H19NO4S. The molecule has 0 aliphatic carbocycles. The zero-order valence-electron chi connectivity index (χ0n) is 14.2. The predicted molar refractivity (Wildman–Crippen MR) is 99.7 cm³/mol. The van der Waals surface area contributed by atoms with E-state index in [-0.39, 0.29) is 17.7 Å². The first-order chi connectivity index (χ1) is 12.2. The molecule has 130 valence electrons. The van der Waals surface area contributed by atoms with Crippen LogP contribution in [-0.4, -0.2) is 42.9 Å². The van der Waals surface area contributed by atoms with Gasteiger partial charge >= 0.3 is 0 Å². The van der Waals surface area contributed by atoms with Gasteiger partial charge in [0, 0.05) is 12.5 Å². The maximum Gasteiger partial charge on any atom is 0.293 e. The molecule has 0 spiro atoms. The number of thioether (sulfide) groups is 1. The van der Waals surface area contributed by atoms with Crippen LogP contribution in [0.1, 0.15) is 12.5 Å². The molecule has 0 aromatic heterocycles. The van der Waals surface area contributed by atoms with Gasteiger partial charge in [-0.1, -0.05) is 30.3 Å². The lowest BCUT2D eigenvalue weighted by Gasteiger charge is -2.11. The predicted octanol–water partition coefficient (Wildman–Crippen LogP) is 3.92. The zero-order valence-corrected chi connectivity index (χ0v) is 15.0. The van der Waals surface area contributed by atoms with Crippen LogP contribution in [0.15, 0.2) is 41.3 Å². The summed E-state index contributed by atoms with van der Waals surface area (Å²) >= 11 is 0.962. The number of amides is 2. The van der Waals surface area contributed by atoms with Gasteiger partial charge in [-0.25, -0.2) is 0 Å². The Balaban J connectivity index is 1.98. The van der Waals surface area contributed by atoms with E-state index < -0.39 is 0 Å². The Morgan fingerprint density at radius 2 is 1.88 bits per heavy atom. The highest BCUT2D eigenvalue weighted by atomic mass is 32.2. The molecule has 0 saturated carbocycles. The number of hydrogen-bond donors (Lipinski definition) is 0. The lowest BCUT2D eigenvalue weighted by atomic mass is 10.0. The van der Waals surface area contributed by atoms with Crippen molar-refractivity contribution in [2.24, 2.45) is 0 Å². The maximum absolute atomic E-state index is 12.5. The fourth-order valence-electron chi connectivity index (χ4n) is 2.72. The maximum atomic E-state index is 12.5. The van der Waals surface area contributed by atoms with E-state index in [1.807, 2.05) is 43.3 Å². The van der Waals surface area contributed by atoms with E-state index in [1.54, 1.807) is 13.2 Å². The Bertz CT molecular complexity index is 846. The molecule has 2 amide bonds. The van der Waals surface area contributed by atoms with Gasteiger partial charge in [-0.2, -0.15) is 0 Å². The summed E-state index contributed by atoms with van der Waals surface area (Å²) in [6.07, 6.45) is 1.77. The van der Waals surface area contributed by atoms with Crippen molar-refractivity contribution in [1.82, 2.24) is 4.90 Å². The number of carbonyl (C=O) groups excluding carboxylic acids is 2. The number of benzene rings is 2. The van der Waals surface area contributed by atoms with Crippen LogP contribution in [0, 0.1) is 0 Å². The minimum Gasteiger partial charge on any atom is -0.493 e. The molecule has 0 atom stereocenters. The third-order valence-electron chi connectivity index (χ3n) is 3.90. The number of fused-ring (bicyclic) bond motifs is 1. The highest BCUT2D eigenvalue weighted by Crippen LogP contribution is 2.35. The first-order valence-electron chi connectivity index (χ1n) is 8.04. The Morgan fingerprint density at radius 3 is 2.60 bits per heavy atom. The molecular weight excluding hydrogens is 338 g/mol. The van der Waals surface area contributed by atoms with Crippen molar-refractivity contribution in [2.45, 2.75) is 6.92 Å². The van der Waals surface area contributed by atoms with Crippen molar-refractivity contribution < 1.29 is 19.1 Å². The second-order valence-corrected chi connectivity index (χ2v) is 6.45. The van der Waals surface area contributed by atoms with Gasteiger partial charge < -0.3 is 9.47 Å². The summed E-state index contributed by atoms with van der Waals surface area (Å²) in [5, 5.41) is 1.71. The van der Waals surface area contributed by atoms with E-state index in [9.17, 15) is 9.59 Å². The van der Waals surface area contributed by atoms with E-state index in [4.69, 9.17) is 9.47 Å². The number of ether oxygens (including phenoxy) is 2. The molecule has 25 heavy (non-hydrogen) atoms. The SMILES string of the molecule is CCOc1ccc(/C=C2/SC(=O)N(CCOC)C2=O)c2ccccc12. The average molecular weight is 357 g/mol. The van der Waals surface area contributed by atoms with Gasteiger partial charge in [0.2, 0.25) is 0 Å². The monoisotopic (exact) mass is 357 g/mol. The molecule has 1 saturated heterocycles. The minimum atomic E-state index is -0.273. The number of imide groups is 1. The molecule has 1 aliphatic rings. The topological polar surface area (TPSA) is 55.8 Å². The molecule has 6 heteroatoms. The van der Waals surface area contributed by atoms with Crippen LogP contribution >= 0.6 is 11.8 Å². The van der Waals surface area contributed by atoms with Crippen molar-refractivity contribution in [1.29, 1.82) is 0 Å². The van der Waals surface area contributed by atoms with E-state index >= 15 is 0 Å². The fraction of sp³-hybridized carbons (Fsp3) is 0.263. The van der Waals surface area contributed by atoms with Crippen molar-refractivity contribution >= 4 is 39.8 Å². The summed E-state index contributed by atoms with van der Waals surface area (Å²) in [5.74, 6) is 0.536. The first-order valence-corrected chi connectivity index (χ1v) is 8.86. The lowest BCUT2D eigenvalue weighted by molar-refractivity contribution is -0.123. The molecule has 1 aliphatic heterocycles. The smallest absolute Gasteiger partial charge is 0.293 e. The second-order valence-electron chi connectivity index (χ2n) is 5.46. The lowest BCUT2D eigenvalue weighted by Crippen LogP contribution is -2.31. The quantitative estimate of drug-likeness (QED) is 0.734. The van der Waals surface area contributed by atoms with Crippen LogP contribution < -0.4 is 4.74 Å². The van der Waals surface area contributed by atoms with E-state index in [2.05, 4.69) is 0 Å². The third kappa shape index (κ3) is 3.55. The fourth-order valence-corrected chi connectivity index (χ4v) is 3.57. The summed E-state index contributed by atoms with van der Waals surface area (Å²) in [6.45, 7) is 3.13. The van der Waals surface area contributed by atoms with Crippen LogP contribution in [0.25, 0.3) is 16.8 Å². The van der Waals surface area contributed by atoms with Crippen LogP contribution in [-0.2, 0) is 9.53 Å². The van der Waals surface area contributed by atoms with Gasteiger partial charge in [0.05, 0.1) is 24.7 Å². The van der Waals surface area contributed by atoms with Crippen molar-refractivity contribution in [2.75, 3.05) is 26.9 Å². The summed E-state index contributed by atoms with van der Waals surface area (Å²) in [4.78, 5) is 26.2. The molecule has 5 nitrogen and oxygen atoms in total. The van der Waals surface area contributed by atoms with Gasteiger partial charge in [0.25, 0.3) is 11.1 Å². The Kier molecular flexibility index (Phi) is 5.40. The largest absolute Gasteiger partial charge is 0.493 e. The number of carbonyl (C=O) groups is 2. The van der Waals surface area contributed by atoms with Crippen LogP contribution in [0.4, 0.5) is 4.79 Å². The van der Waals surface area contributed by atoms with E-state index in [1.165, 1.54) is 4.90 Å². The highest BCUT2D eigenvalue weighted by molar-refractivity contribution is 8.18. The number of nitrogens with zero attached hydrogens (tertiary/aromatic N) is 1. The molecule has 0 bridgehead atoms. The Hall–Kier alpha value is -2.31. The molecule has 0 unspecified atom stereocenters. The molecule has 1 fully saturated rings. The number of methoxy groups -OCH3 is 1. The summed E-state index contributed by atoms with van der Waals surface area (Å²) < 4.78 is 10.6. The van der Waals surface area contributed by atoms with Gasteiger partial charge in [-0.15, -0.1) is 0 Å². The average Bonchev–Trinajstić information content (AvgIpc) is 2.89. The first kappa shape index (κ1) is 17.5. The minimum absolute atomic E-state index is 0.261. The Morgan fingerprint density at radius 1 is 1.12 bits per heavy atom. The van der Waals surface area contributed by atoms with Crippen molar-refractivity contribution in [3.8, 4) is 5.75 Å². The normalized spacial score (nSPS) is 16.2. The van der Waals surface area contributed by atoms with Crippen LogP contribution in [0.5, 0.6) is 5.75 Å². The van der Waals surface area contributed by atoms with Crippen LogP contribution in [0.2, 0.25) is 0 Å². The van der Waals surface area contributed by atoms with Crippen LogP contribution in [0.3, 0.4) is 0 Å². The molecule has 1 heterocycles. The van der Waals surface area contributed by atoms with E-state index in [0.717, 1.165) is 33.8 Å². The van der Waals surface area contributed by atoms with Gasteiger partial charge in [-0.3, -0.25) is 14.5 Å². The molecule has 0 N–H and O–H groups in total. The third-order valence-corrected chi connectivity index (χ3v) is 4.80. The summed E-state index contributed by atoms with van der Waals surface area (Å²) in [7, 11) is 1.54. The second kappa shape index (κ2) is 7.72. The number of rotatable bonds is 6. The van der Waals surface area contributed by atoms with E-state index in [0.29, 0.717) is 18.1 Å². The Labute approximate surface area is 150 Å². The summed E-state index contributed by atoms with van der Waals surface area (Å²) in [5.41, 5.74) is 0.885. The van der Waals surface area contributed by atoms with Crippen molar-refractivity contribution in [3.63, 3.8) is 0 Å². The number of hydrogen-bond acceptors (Lipinski definition) is 5.